The molecule has 1 aromatic carbocycles. The van der Waals surface area contributed by atoms with E-state index in [-0.39, 0.29) is 22.8 Å². The van der Waals surface area contributed by atoms with E-state index in [2.05, 4.69) is 5.10 Å². The molecular weight excluding hydrogens is 371 g/mol. The van der Waals surface area contributed by atoms with Crippen molar-refractivity contribution in [2.45, 2.75) is 26.8 Å². The summed E-state index contributed by atoms with van der Waals surface area (Å²) >= 11 is 6.46. The molecule has 1 saturated heterocycles. The van der Waals surface area contributed by atoms with E-state index in [0.29, 0.717) is 44.0 Å². The Hall–Kier alpha value is -2.41. The molecule has 27 heavy (non-hydrogen) atoms. The van der Waals surface area contributed by atoms with Crippen LogP contribution in [0.25, 0.3) is 0 Å². The summed E-state index contributed by atoms with van der Waals surface area (Å²) in [6, 6.07) is 6.08. The molecule has 6 nitrogen and oxygen atoms in total. The first-order valence-electron chi connectivity index (χ1n) is 8.89. The van der Waals surface area contributed by atoms with Gasteiger partial charge in [-0.05, 0) is 31.0 Å². The molecule has 0 spiro atoms. The zero-order valence-corrected chi connectivity index (χ0v) is 16.2. The minimum atomic E-state index is -0.307. The summed E-state index contributed by atoms with van der Waals surface area (Å²) in [7, 11) is 0. The molecule has 1 aliphatic heterocycles. The third kappa shape index (κ3) is 4.30. The zero-order valence-electron chi connectivity index (χ0n) is 15.4. The number of benzene rings is 1. The minimum absolute atomic E-state index is 0.0191. The average molecular weight is 393 g/mol. The Morgan fingerprint density at radius 1 is 1.11 bits per heavy atom. The molecule has 2 aromatic rings. The van der Waals surface area contributed by atoms with Gasteiger partial charge in [-0.2, -0.15) is 5.10 Å². The Kier molecular flexibility index (Phi) is 5.79. The summed E-state index contributed by atoms with van der Waals surface area (Å²) in [5.41, 5.74) is 1.78. The van der Waals surface area contributed by atoms with Gasteiger partial charge in [-0.25, -0.2) is 9.07 Å². The Morgan fingerprint density at radius 2 is 1.74 bits per heavy atom. The fraction of sp³-hybridized carbons (Fsp3) is 0.421. The van der Waals surface area contributed by atoms with E-state index in [1.54, 1.807) is 33.5 Å². The Bertz CT molecular complexity index is 850. The van der Waals surface area contributed by atoms with Crippen LogP contribution in [0.3, 0.4) is 0 Å². The maximum Gasteiger partial charge on any atom is 0.258 e. The number of aromatic nitrogens is 2. The molecule has 1 fully saturated rings. The van der Waals surface area contributed by atoms with Crippen molar-refractivity contribution in [2.75, 3.05) is 26.2 Å². The first kappa shape index (κ1) is 19.4. The third-order valence-corrected chi connectivity index (χ3v) is 5.14. The monoisotopic (exact) mass is 392 g/mol. The van der Waals surface area contributed by atoms with Crippen LogP contribution in [-0.2, 0) is 11.3 Å². The van der Waals surface area contributed by atoms with Crippen molar-refractivity contribution < 1.29 is 14.0 Å². The smallest absolute Gasteiger partial charge is 0.258 e. The van der Waals surface area contributed by atoms with E-state index < -0.39 is 0 Å². The van der Waals surface area contributed by atoms with Crippen LogP contribution >= 0.6 is 11.6 Å². The molecule has 0 saturated carbocycles. The van der Waals surface area contributed by atoms with Gasteiger partial charge in [0.05, 0.1) is 17.8 Å². The summed E-state index contributed by atoms with van der Waals surface area (Å²) in [4.78, 5) is 28.1. The molecule has 144 valence electrons. The molecule has 0 atom stereocenters. The van der Waals surface area contributed by atoms with E-state index in [4.69, 9.17) is 11.6 Å². The highest BCUT2D eigenvalue weighted by Crippen LogP contribution is 2.23. The molecule has 8 heteroatoms. The molecule has 1 aliphatic rings. The van der Waals surface area contributed by atoms with Gasteiger partial charge in [0.25, 0.3) is 5.91 Å². The summed E-state index contributed by atoms with van der Waals surface area (Å²) in [5, 5.41) is 4.66. The molecule has 0 N–H and O–H groups in total. The molecule has 0 aliphatic carbocycles. The summed E-state index contributed by atoms with van der Waals surface area (Å²) < 4.78 is 14.6. The van der Waals surface area contributed by atoms with Crippen LogP contribution in [0.4, 0.5) is 4.39 Å². The molecule has 3 rings (SSSR count). The maximum absolute atomic E-state index is 13.1. The number of rotatable bonds is 3. The van der Waals surface area contributed by atoms with Crippen LogP contribution in [-0.4, -0.2) is 57.6 Å². The molecule has 1 aromatic heterocycles. The number of carbonyl (C=O) groups excluding carboxylic acids is 2. The van der Waals surface area contributed by atoms with Gasteiger partial charge >= 0.3 is 0 Å². The van der Waals surface area contributed by atoms with Crippen molar-refractivity contribution in [3.05, 3.63) is 52.1 Å². The van der Waals surface area contributed by atoms with E-state index in [9.17, 15) is 14.0 Å². The maximum atomic E-state index is 13.1. The lowest BCUT2D eigenvalue weighted by molar-refractivity contribution is -0.128. The Labute approximate surface area is 162 Å². The predicted octanol–water partition coefficient (Wildman–Crippen LogP) is 2.73. The van der Waals surface area contributed by atoms with Crippen molar-refractivity contribution in [1.82, 2.24) is 19.6 Å². The largest absolute Gasteiger partial charge is 0.341 e. The van der Waals surface area contributed by atoms with E-state index in [1.807, 2.05) is 0 Å². The summed E-state index contributed by atoms with van der Waals surface area (Å²) in [6.45, 7) is 5.85. The fourth-order valence-electron chi connectivity index (χ4n) is 3.26. The Morgan fingerprint density at radius 3 is 2.41 bits per heavy atom. The molecule has 0 radical (unpaired) electrons. The summed E-state index contributed by atoms with van der Waals surface area (Å²) in [5.74, 6) is -0.461. The van der Waals surface area contributed by atoms with Gasteiger partial charge in [0, 0.05) is 33.1 Å². The minimum Gasteiger partial charge on any atom is -0.341 e. The van der Waals surface area contributed by atoms with Crippen LogP contribution in [0.5, 0.6) is 0 Å². The van der Waals surface area contributed by atoms with Crippen LogP contribution < -0.4 is 0 Å². The number of halogens is 2. The zero-order chi connectivity index (χ0) is 19.6. The molecule has 0 bridgehead atoms. The first-order chi connectivity index (χ1) is 12.9. The number of hydrogen-bond acceptors (Lipinski definition) is 3. The second kappa shape index (κ2) is 8.08. The summed E-state index contributed by atoms with van der Waals surface area (Å²) in [6.07, 6.45) is 0.728. The van der Waals surface area contributed by atoms with Gasteiger partial charge in [0.2, 0.25) is 5.91 Å². The van der Waals surface area contributed by atoms with Gasteiger partial charge < -0.3 is 9.80 Å². The van der Waals surface area contributed by atoms with E-state index >= 15 is 0 Å². The predicted molar refractivity (Wildman–Crippen MR) is 100 cm³/mol. The first-order valence-corrected chi connectivity index (χ1v) is 9.26. The lowest BCUT2D eigenvalue weighted by Crippen LogP contribution is -2.36. The van der Waals surface area contributed by atoms with Crippen molar-refractivity contribution in [3.8, 4) is 0 Å². The van der Waals surface area contributed by atoms with E-state index in [1.165, 1.54) is 19.1 Å². The SMILES string of the molecule is CC(=O)N1CCCN(C(=O)c2c(C)nn(Cc3ccc(F)cc3)c2Cl)CC1. The number of nitrogens with zero attached hydrogens (tertiary/aromatic N) is 4. The number of carbonyl (C=O) groups is 2. The van der Waals surface area contributed by atoms with E-state index in [0.717, 1.165) is 12.0 Å². The second-order valence-electron chi connectivity index (χ2n) is 6.69. The average Bonchev–Trinajstić information content (AvgIpc) is 2.81. The van der Waals surface area contributed by atoms with Crippen LogP contribution in [0.1, 0.15) is 35.0 Å². The van der Waals surface area contributed by atoms with Gasteiger partial charge in [-0.15, -0.1) is 0 Å². The fourth-order valence-corrected chi connectivity index (χ4v) is 3.57. The molecular formula is C19H22ClFN4O2. The molecule has 2 heterocycles. The highest BCUT2D eigenvalue weighted by Gasteiger charge is 2.27. The van der Waals surface area contributed by atoms with Crippen LogP contribution in [0.15, 0.2) is 24.3 Å². The van der Waals surface area contributed by atoms with Gasteiger partial charge in [0.15, 0.2) is 0 Å². The highest BCUT2D eigenvalue weighted by atomic mass is 35.5. The second-order valence-corrected chi connectivity index (χ2v) is 7.05. The third-order valence-electron chi connectivity index (χ3n) is 4.75. The number of amides is 2. The number of hydrogen-bond donors (Lipinski definition) is 0. The normalized spacial score (nSPS) is 15.0. The molecule has 2 amide bonds. The standard InChI is InChI=1S/C19H22ClFN4O2/c1-13-17(19(27)24-9-3-8-23(10-11-24)14(2)26)18(20)25(22-13)12-15-4-6-16(21)7-5-15/h4-7H,3,8-12H2,1-2H3. The van der Waals surface area contributed by atoms with Crippen molar-refractivity contribution in [1.29, 1.82) is 0 Å². The lowest BCUT2D eigenvalue weighted by atomic mass is 10.2. The van der Waals surface area contributed by atoms with Crippen molar-refractivity contribution in [3.63, 3.8) is 0 Å². The van der Waals surface area contributed by atoms with Crippen LogP contribution in [0.2, 0.25) is 5.15 Å². The number of aryl methyl sites for hydroxylation is 1. The quantitative estimate of drug-likeness (QED) is 0.807. The highest BCUT2D eigenvalue weighted by molar-refractivity contribution is 6.33. The van der Waals surface area contributed by atoms with Crippen molar-refractivity contribution in [2.24, 2.45) is 0 Å². The Balaban J connectivity index is 1.78. The lowest BCUT2D eigenvalue weighted by Gasteiger charge is -2.21. The van der Waals surface area contributed by atoms with Crippen LogP contribution in [0, 0.1) is 12.7 Å². The topological polar surface area (TPSA) is 58.4 Å². The molecule has 0 unspecified atom stereocenters. The van der Waals surface area contributed by atoms with Gasteiger partial charge in [-0.1, -0.05) is 23.7 Å². The van der Waals surface area contributed by atoms with Gasteiger partial charge in [0.1, 0.15) is 11.0 Å². The van der Waals surface area contributed by atoms with Crippen molar-refractivity contribution >= 4 is 23.4 Å². The van der Waals surface area contributed by atoms with Gasteiger partial charge in [-0.3, -0.25) is 9.59 Å².